The van der Waals surface area contributed by atoms with E-state index in [0.29, 0.717) is 6.54 Å². The van der Waals surface area contributed by atoms with Crippen molar-refractivity contribution < 1.29 is 9.59 Å². The standard InChI is InChI=1S/C26H34N4O2/c1-17-8-6-11-22(12-17)30(27)23(19-9-7-10-21(14-19)26(3,4)5)13-18(2)29-25(32)20-15-24(31)28-16-20/h6-14,18,20H,15-16,27H2,1-5H3,(H,28,31)(H,29,32)/b23-13-. The number of carbonyl (C=O) groups excluding carboxylic acids is 2. The van der Waals surface area contributed by atoms with Crippen LogP contribution in [-0.2, 0) is 15.0 Å². The Bertz CT molecular complexity index is 1020. The first-order valence-electron chi connectivity index (χ1n) is 11.1. The Labute approximate surface area is 190 Å². The van der Waals surface area contributed by atoms with E-state index in [9.17, 15) is 9.59 Å². The molecule has 3 rings (SSSR count). The third-order valence-corrected chi connectivity index (χ3v) is 5.69. The number of nitrogens with zero attached hydrogens (tertiary/aromatic N) is 1. The minimum absolute atomic E-state index is 0.00821. The summed E-state index contributed by atoms with van der Waals surface area (Å²) in [5.74, 6) is 6.07. The third kappa shape index (κ3) is 5.77. The molecule has 1 aliphatic heterocycles. The Morgan fingerprint density at radius 3 is 2.56 bits per heavy atom. The molecule has 0 aliphatic carbocycles. The van der Waals surface area contributed by atoms with Gasteiger partial charge >= 0.3 is 0 Å². The van der Waals surface area contributed by atoms with Crippen LogP contribution in [0.15, 0.2) is 54.6 Å². The van der Waals surface area contributed by atoms with E-state index in [1.165, 1.54) is 5.56 Å². The summed E-state index contributed by atoms with van der Waals surface area (Å²) in [7, 11) is 0. The number of hydrogen-bond donors (Lipinski definition) is 3. The highest BCUT2D eigenvalue weighted by Gasteiger charge is 2.28. The van der Waals surface area contributed by atoms with E-state index in [-0.39, 0.29) is 35.6 Å². The molecule has 0 bridgehead atoms. The first-order valence-corrected chi connectivity index (χ1v) is 11.1. The van der Waals surface area contributed by atoms with Crippen LogP contribution < -0.4 is 21.5 Å². The van der Waals surface area contributed by atoms with Crippen molar-refractivity contribution >= 4 is 23.2 Å². The molecule has 1 aliphatic rings. The van der Waals surface area contributed by atoms with Crippen LogP contribution >= 0.6 is 0 Å². The Balaban J connectivity index is 1.94. The zero-order chi connectivity index (χ0) is 23.5. The second-order valence-electron chi connectivity index (χ2n) is 9.59. The molecular formula is C26H34N4O2. The number of hydrazine groups is 1. The van der Waals surface area contributed by atoms with Crippen molar-refractivity contribution in [2.45, 2.75) is 52.5 Å². The maximum Gasteiger partial charge on any atom is 0.225 e. The van der Waals surface area contributed by atoms with Crippen LogP contribution in [0.3, 0.4) is 0 Å². The molecule has 0 radical (unpaired) electrons. The molecule has 32 heavy (non-hydrogen) atoms. The minimum Gasteiger partial charge on any atom is -0.355 e. The maximum absolute atomic E-state index is 12.6. The van der Waals surface area contributed by atoms with Gasteiger partial charge in [0.05, 0.1) is 17.3 Å². The lowest BCUT2D eigenvalue weighted by Crippen LogP contribution is -2.38. The Morgan fingerprint density at radius 1 is 1.22 bits per heavy atom. The van der Waals surface area contributed by atoms with Gasteiger partial charge in [0.15, 0.2) is 0 Å². The zero-order valence-corrected chi connectivity index (χ0v) is 19.6. The molecule has 6 heteroatoms. The first-order chi connectivity index (χ1) is 15.0. The van der Waals surface area contributed by atoms with E-state index in [1.54, 1.807) is 5.01 Å². The van der Waals surface area contributed by atoms with Gasteiger partial charge in [-0.1, -0.05) is 51.1 Å². The highest BCUT2D eigenvalue weighted by molar-refractivity contribution is 5.89. The summed E-state index contributed by atoms with van der Waals surface area (Å²) < 4.78 is 0. The quantitative estimate of drug-likeness (QED) is 0.478. The van der Waals surface area contributed by atoms with Crippen LogP contribution in [0.25, 0.3) is 5.70 Å². The number of rotatable bonds is 6. The number of anilines is 1. The molecule has 1 fully saturated rings. The number of aryl methyl sites for hydroxylation is 1. The number of nitrogens with two attached hydrogens (primary N) is 1. The second kappa shape index (κ2) is 9.57. The highest BCUT2D eigenvalue weighted by atomic mass is 16.2. The predicted octanol–water partition coefficient (Wildman–Crippen LogP) is 3.65. The number of hydrogen-bond acceptors (Lipinski definition) is 4. The van der Waals surface area contributed by atoms with Gasteiger partial charge in [-0.25, -0.2) is 5.84 Å². The molecule has 2 amide bonds. The van der Waals surface area contributed by atoms with Crippen LogP contribution in [0.5, 0.6) is 0 Å². The third-order valence-electron chi connectivity index (χ3n) is 5.69. The lowest BCUT2D eigenvalue weighted by molar-refractivity contribution is -0.126. The summed E-state index contributed by atoms with van der Waals surface area (Å²) in [4.78, 5) is 24.1. The molecule has 170 valence electrons. The van der Waals surface area contributed by atoms with Crippen molar-refractivity contribution in [1.29, 1.82) is 0 Å². The van der Waals surface area contributed by atoms with E-state index in [4.69, 9.17) is 5.84 Å². The largest absolute Gasteiger partial charge is 0.355 e. The average molecular weight is 435 g/mol. The Morgan fingerprint density at radius 2 is 1.94 bits per heavy atom. The van der Waals surface area contributed by atoms with Gasteiger partial charge < -0.3 is 10.6 Å². The minimum atomic E-state index is -0.336. The molecule has 2 atom stereocenters. The number of carbonyl (C=O) groups is 2. The van der Waals surface area contributed by atoms with Gasteiger partial charge in [0.25, 0.3) is 0 Å². The first kappa shape index (κ1) is 23.5. The monoisotopic (exact) mass is 434 g/mol. The van der Waals surface area contributed by atoms with Crippen molar-refractivity contribution in [3.8, 4) is 0 Å². The maximum atomic E-state index is 12.6. The molecular weight excluding hydrogens is 400 g/mol. The number of benzene rings is 2. The molecule has 2 aromatic carbocycles. The van der Waals surface area contributed by atoms with E-state index in [0.717, 1.165) is 22.5 Å². The molecule has 2 unspecified atom stereocenters. The molecule has 1 heterocycles. The lowest BCUT2D eigenvalue weighted by Gasteiger charge is -2.26. The smallest absolute Gasteiger partial charge is 0.225 e. The predicted molar refractivity (Wildman–Crippen MR) is 130 cm³/mol. The van der Waals surface area contributed by atoms with Crippen molar-refractivity contribution in [1.82, 2.24) is 10.6 Å². The topological polar surface area (TPSA) is 87.5 Å². The van der Waals surface area contributed by atoms with Crippen molar-refractivity contribution in [2.24, 2.45) is 11.8 Å². The van der Waals surface area contributed by atoms with E-state index in [1.807, 2.05) is 56.3 Å². The second-order valence-corrected chi connectivity index (χ2v) is 9.59. The Hall–Kier alpha value is -3.12. The van der Waals surface area contributed by atoms with Gasteiger partial charge in [0.2, 0.25) is 11.8 Å². The normalized spacial score (nSPS) is 17.6. The van der Waals surface area contributed by atoms with Crippen molar-refractivity contribution in [3.63, 3.8) is 0 Å². The number of nitrogens with one attached hydrogen (secondary N) is 2. The summed E-state index contributed by atoms with van der Waals surface area (Å²) in [6.45, 7) is 10.9. The van der Waals surface area contributed by atoms with Gasteiger partial charge in [-0.15, -0.1) is 0 Å². The van der Waals surface area contributed by atoms with Crippen LogP contribution in [0.4, 0.5) is 5.69 Å². The van der Waals surface area contributed by atoms with Crippen LogP contribution in [0, 0.1) is 12.8 Å². The fourth-order valence-electron chi connectivity index (χ4n) is 3.79. The van der Waals surface area contributed by atoms with Gasteiger partial charge in [-0.3, -0.25) is 14.6 Å². The van der Waals surface area contributed by atoms with Crippen molar-refractivity contribution in [2.75, 3.05) is 11.6 Å². The SMILES string of the molecule is Cc1cccc(N(N)/C(=C\C(C)NC(=O)C2CNC(=O)C2)c2cccc(C(C)(C)C)c2)c1. The number of amides is 2. The molecule has 6 nitrogen and oxygen atoms in total. The molecule has 0 aromatic heterocycles. The van der Waals surface area contributed by atoms with Crippen LogP contribution in [0.1, 0.15) is 50.8 Å². The van der Waals surface area contributed by atoms with E-state index < -0.39 is 0 Å². The van der Waals surface area contributed by atoms with Gasteiger partial charge in [0.1, 0.15) is 0 Å². The van der Waals surface area contributed by atoms with E-state index >= 15 is 0 Å². The lowest BCUT2D eigenvalue weighted by atomic mass is 9.86. The molecule has 4 N–H and O–H groups in total. The highest BCUT2D eigenvalue weighted by Crippen LogP contribution is 2.29. The van der Waals surface area contributed by atoms with Crippen LogP contribution in [-0.4, -0.2) is 24.4 Å². The summed E-state index contributed by atoms with van der Waals surface area (Å²) in [5, 5.41) is 7.39. The summed E-state index contributed by atoms with van der Waals surface area (Å²) in [6.07, 6.45) is 2.20. The molecule has 2 aromatic rings. The van der Waals surface area contributed by atoms with Crippen LogP contribution in [0.2, 0.25) is 0 Å². The zero-order valence-electron chi connectivity index (χ0n) is 19.6. The molecule has 1 saturated heterocycles. The summed E-state index contributed by atoms with van der Waals surface area (Å²) in [5.41, 5.74) is 4.94. The average Bonchev–Trinajstić information content (AvgIpc) is 3.17. The molecule has 0 spiro atoms. The summed E-state index contributed by atoms with van der Waals surface area (Å²) >= 11 is 0. The fraction of sp³-hybridized carbons (Fsp3) is 0.385. The van der Waals surface area contributed by atoms with Gasteiger partial charge in [-0.05, 0) is 60.2 Å². The summed E-state index contributed by atoms with van der Waals surface area (Å²) in [6, 6.07) is 16.1. The van der Waals surface area contributed by atoms with Crippen molar-refractivity contribution in [3.05, 3.63) is 71.3 Å². The van der Waals surface area contributed by atoms with Gasteiger partial charge in [0, 0.05) is 19.0 Å². The Kier molecular flexibility index (Phi) is 7.04. The van der Waals surface area contributed by atoms with Gasteiger partial charge in [-0.2, -0.15) is 0 Å². The van der Waals surface area contributed by atoms with E-state index in [2.05, 4.69) is 43.5 Å². The fourth-order valence-corrected chi connectivity index (χ4v) is 3.79. The molecule has 0 saturated carbocycles.